The largest absolute Gasteiger partial charge is 0.355 e. The number of amides is 1. The molecule has 2 N–H and O–H groups in total. The Hall–Kier alpha value is -3.40. The average molecular weight is 346 g/mol. The van der Waals surface area contributed by atoms with Crippen molar-refractivity contribution in [2.45, 2.75) is 12.3 Å². The minimum Gasteiger partial charge on any atom is -0.355 e. The Balaban J connectivity index is 1.66. The summed E-state index contributed by atoms with van der Waals surface area (Å²) in [5, 5.41) is 11.7. The summed E-state index contributed by atoms with van der Waals surface area (Å²) in [6.07, 6.45) is 4.88. The van der Waals surface area contributed by atoms with Gasteiger partial charge in [-0.05, 0) is 30.2 Å². The molecule has 1 aromatic carbocycles. The molecule has 1 unspecified atom stereocenters. The molecule has 1 atom stereocenters. The van der Waals surface area contributed by atoms with Gasteiger partial charge in [-0.2, -0.15) is 5.26 Å². The summed E-state index contributed by atoms with van der Waals surface area (Å²) in [6, 6.07) is 9.40. The maximum Gasteiger partial charge on any atom is 0.251 e. The number of pyridine rings is 1. The Morgan fingerprint density at radius 2 is 2.27 bits per heavy atom. The van der Waals surface area contributed by atoms with E-state index >= 15 is 0 Å². The number of nitriles is 1. The van der Waals surface area contributed by atoms with Crippen molar-refractivity contribution < 1.29 is 4.79 Å². The number of benzene rings is 1. The van der Waals surface area contributed by atoms with Crippen LogP contribution in [0.4, 0.5) is 0 Å². The predicted octanol–water partition coefficient (Wildman–Crippen LogP) is 2.25. The fraction of sp³-hybridized carbons (Fsp3) is 0.263. The quantitative estimate of drug-likeness (QED) is 0.709. The zero-order valence-electron chi connectivity index (χ0n) is 14.4. The van der Waals surface area contributed by atoms with Crippen molar-refractivity contribution in [2.24, 2.45) is 0 Å². The van der Waals surface area contributed by atoms with Crippen LogP contribution in [0.2, 0.25) is 0 Å². The minimum absolute atomic E-state index is 0.119. The number of nitrogens with zero attached hydrogens (tertiary/aromatic N) is 4. The highest BCUT2D eigenvalue weighted by Gasteiger charge is 2.25. The number of H-pyrrole nitrogens is 1. The van der Waals surface area contributed by atoms with Gasteiger partial charge in [0, 0.05) is 43.4 Å². The molecule has 4 rings (SSSR count). The summed E-state index contributed by atoms with van der Waals surface area (Å²) in [5.41, 5.74) is 3.96. The minimum atomic E-state index is -0.119. The van der Waals surface area contributed by atoms with E-state index in [1.54, 1.807) is 24.2 Å². The molecule has 1 aliphatic rings. The van der Waals surface area contributed by atoms with Gasteiger partial charge < -0.3 is 15.2 Å². The maximum atomic E-state index is 11.8. The predicted molar refractivity (Wildman–Crippen MR) is 97.3 cm³/mol. The van der Waals surface area contributed by atoms with Crippen molar-refractivity contribution in [3.05, 3.63) is 47.9 Å². The highest BCUT2D eigenvalue weighted by molar-refractivity contribution is 5.95. The van der Waals surface area contributed by atoms with Gasteiger partial charge in [0.15, 0.2) is 11.8 Å². The summed E-state index contributed by atoms with van der Waals surface area (Å²) in [5.74, 6) is 0.983. The Labute approximate surface area is 150 Å². The van der Waals surface area contributed by atoms with Gasteiger partial charge in [0.05, 0.1) is 0 Å². The molecule has 1 saturated heterocycles. The first-order valence-electron chi connectivity index (χ1n) is 8.51. The first-order valence-corrected chi connectivity index (χ1v) is 8.51. The molecule has 0 aliphatic carbocycles. The molecular weight excluding hydrogens is 328 g/mol. The highest BCUT2D eigenvalue weighted by Crippen LogP contribution is 2.28. The molecule has 1 aliphatic heterocycles. The van der Waals surface area contributed by atoms with E-state index in [0.29, 0.717) is 12.1 Å². The molecule has 7 nitrogen and oxygen atoms in total. The van der Waals surface area contributed by atoms with Crippen LogP contribution >= 0.6 is 0 Å². The second-order valence-corrected chi connectivity index (χ2v) is 6.41. The van der Waals surface area contributed by atoms with Crippen LogP contribution in [0.25, 0.3) is 22.3 Å². The van der Waals surface area contributed by atoms with E-state index in [2.05, 4.69) is 26.5 Å². The third-order valence-corrected chi connectivity index (χ3v) is 4.76. The van der Waals surface area contributed by atoms with Crippen molar-refractivity contribution in [1.29, 1.82) is 5.26 Å². The van der Waals surface area contributed by atoms with Crippen LogP contribution in [0.1, 0.15) is 28.5 Å². The van der Waals surface area contributed by atoms with Gasteiger partial charge >= 0.3 is 0 Å². The van der Waals surface area contributed by atoms with Gasteiger partial charge in [0.25, 0.3) is 5.91 Å². The normalized spacial score (nSPS) is 16.6. The molecule has 130 valence electrons. The summed E-state index contributed by atoms with van der Waals surface area (Å²) >= 11 is 0. The summed E-state index contributed by atoms with van der Waals surface area (Å²) in [7, 11) is 1.62. The molecule has 0 bridgehead atoms. The van der Waals surface area contributed by atoms with E-state index in [1.807, 2.05) is 24.3 Å². The van der Waals surface area contributed by atoms with Gasteiger partial charge in [-0.15, -0.1) is 0 Å². The van der Waals surface area contributed by atoms with Gasteiger partial charge in [0.2, 0.25) is 0 Å². The first-order chi connectivity index (χ1) is 12.7. The average Bonchev–Trinajstić information content (AvgIpc) is 3.33. The van der Waals surface area contributed by atoms with E-state index in [1.165, 1.54) is 0 Å². The van der Waals surface area contributed by atoms with E-state index in [4.69, 9.17) is 5.26 Å². The third kappa shape index (κ3) is 2.86. The van der Waals surface area contributed by atoms with Crippen LogP contribution in [-0.2, 0) is 0 Å². The number of aromatic amines is 1. The molecule has 0 saturated carbocycles. The summed E-state index contributed by atoms with van der Waals surface area (Å²) < 4.78 is 0. The summed E-state index contributed by atoms with van der Waals surface area (Å²) in [4.78, 5) is 26.0. The fourth-order valence-corrected chi connectivity index (χ4v) is 3.32. The standard InChI is InChI=1S/C19H18N6O/c1-21-19(26)13-4-2-3-12(7-13)15-8-16-18(22-9-15)24-17(23-16)14-5-6-25(10-14)11-20/h2-4,7-9,14H,5-6,10H2,1H3,(H,21,26)(H,22,23,24). The number of rotatable bonds is 3. The fourth-order valence-electron chi connectivity index (χ4n) is 3.32. The zero-order valence-corrected chi connectivity index (χ0v) is 14.4. The van der Waals surface area contributed by atoms with E-state index in [0.717, 1.165) is 41.1 Å². The van der Waals surface area contributed by atoms with E-state index < -0.39 is 0 Å². The van der Waals surface area contributed by atoms with Crippen LogP contribution in [0, 0.1) is 11.5 Å². The van der Waals surface area contributed by atoms with Crippen LogP contribution in [0.3, 0.4) is 0 Å². The Morgan fingerprint density at radius 3 is 3.04 bits per heavy atom. The Morgan fingerprint density at radius 1 is 1.38 bits per heavy atom. The Bertz CT molecular complexity index is 1020. The number of hydrogen-bond donors (Lipinski definition) is 2. The number of carbonyl (C=O) groups is 1. The Kier molecular flexibility index (Phi) is 4.01. The summed E-state index contributed by atoms with van der Waals surface area (Å²) in [6.45, 7) is 1.46. The van der Waals surface area contributed by atoms with Gasteiger partial charge in [0.1, 0.15) is 11.3 Å². The molecule has 26 heavy (non-hydrogen) atoms. The van der Waals surface area contributed by atoms with Crippen molar-refractivity contribution in [3.8, 4) is 17.3 Å². The third-order valence-electron chi connectivity index (χ3n) is 4.76. The number of nitrogens with one attached hydrogen (secondary N) is 2. The lowest BCUT2D eigenvalue weighted by molar-refractivity contribution is 0.0963. The number of carbonyl (C=O) groups excluding carboxylic acids is 1. The lowest BCUT2D eigenvalue weighted by Gasteiger charge is -2.05. The molecule has 7 heteroatoms. The monoisotopic (exact) mass is 346 g/mol. The topological polar surface area (TPSA) is 97.7 Å². The molecule has 0 spiro atoms. The molecule has 0 radical (unpaired) electrons. The number of hydrogen-bond acceptors (Lipinski definition) is 5. The molecule has 2 aromatic heterocycles. The van der Waals surface area contributed by atoms with Crippen molar-refractivity contribution in [2.75, 3.05) is 20.1 Å². The highest BCUT2D eigenvalue weighted by atomic mass is 16.1. The van der Waals surface area contributed by atoms with E-state index in [-0.39, 0.29) is 11.8 Å². The van der Waals surface area contributed by atoms with Gasteiger partial charge in [-0.1, -0.05) is 12.1 Å². The second kappa shape index (κ2) is 6.48. The number of likely N-dealkylation sites (tertiary alicyclic amines) is 1. The molecular formula is C19H18N6O. The van der Waals surface area contributed by atoms with Gasteiger partial charge in [-0.3, -0.25) is 4.79 Å². The van der Waals surface area contributed by atoms with Gasteiger partial charge in [-0.25, -0.2) is 9.97 Å². The smallest absolute Gasteiger partial charge is 0.251 e. The number of fused-ring (bicyclic) bond motifs is 1. The lowest BCUT2D eigenvalue weighted by atomic mass is 10.0. The SMILES string of the molecule is CNC(=O)c1cccc(-c2cnc3[nH]c(C4CCN(C#N)C4)nc3c2)c1. The zero-order chi connectivity index (χ0) is 18.1. The molecule has 1 fully saturated rings. The van der Waals surface area contributed by atoms with Crippen molar-refractivity contribution >= 4 is 17.1 Å². The van der Waals surface area contributed by atoms with Crippen LogP contribution in [0.15, 0.2) is 36.5 Å². The van der Waals surface area contributed by atoms with Crippen LogP contribution in [-0.4, -0.2) is 45.9 Å². The van der Waals surface area contributed by atoms with Crippen molar-refractivity contribution in [1.82, 2.24) is 25.2 Å². The molecule has 1 amide bonds. The molecule has 3 heterocycles. The van der Waals surface area contributed by atoms with Crippen molar-refractivity contribution in [3.63, 3.8) is 0 Å². The number of imidazole rings is 1. The second-order valence-electron chi connectivity index (χ2n) is 6.41. The van der Waals surface area contributed by atoms with Crippen LogP contribution in [0.5, 0.6) is 0 Å². The number of aromatic nitrogens is 3. The maximum absolute atomic E-state index is 11.8. The first kappa shape index (κ1) is 16.1. The molecule has 3 aromatic rings. The lowest BCUT2D eigenvalue weighted by Crippen LogP contribution is -2.17. The van der Waals surface area contributed by atoms with E-state index in [9.17, 15) is 4.79 Å². The van der Waals surface area contributed by atoms with Crippen LogP contribution < -0.4 is 5.32 Å².